The first-order valence-electron chi connectivity index (χ1n) is 11.8. The molecule has 1 saturated heterocycles. The van der Waals surface area contributed by atoms with E-state index in [1.807, 2.05) is 37.6 Å². The number of rotatable bonds is 5. The van der Waals surface area contributed by atoms with Gasteiger partial charge in [-0.15, -0.1) is 6.58 Å². The molecule has 182 valence electrons. The van der Waals surface area contributed by atoms with Gasteiger partial charge in [0.05, 0.1) is 0 Å². The van der Waals surface area contributed by atoms with Gasteiger partial charge in [-0.1, -0.05) is 70.7 Å². The predicted molar refractivity (Wildman–Crippen MR) is 133 cm³/mol. The number of piperazine rings is 1. The molecule has 0 bridgehead atoms. The summed E-state index contributed by atoms with van der Waals surface area (Å²) in [5, 5.41) is -0.643. The minimum absolute atomic E-state index is 0.0848. The normalized spacial score (nSPS) is 31.1. The fourth-order valence-electron chi connectivity index (χ4n) is 5.68. The number of hydrogen-bond acceptors (Lipinski definition) is 5. The average Bonchev–Trinajstić information content (AvgIpc) is 3.44. The van der Waals surface area contributed by atoms with Crippen molar-refractivity contribution in [1.82, 2.24) is 14.3 Å². The van der Waals surface area contributed by atoms with Crippen LogP contribution in [0.3, 0.4) is 0 Å². The van der Waals surface area contributed by atoms with E-state index in [0.717, 1.165) is 30.7 Å². The van der Waals surface area contributed by atoms with Crippen LogP contribution in [0.2, 0.25) is 5.02 Å². The first-order chi connectivity index (χ1) is 15.2. The minimum Gasteiger partial charge on any atom is -0.338 e. The Morgan fingerprint density at radius 2 is 1.69 bits per heavy atom. The van der Waals surface area contributed by atoms with Gasteiger partial charge in [-0.05, 0) is 42.4 Å². The van der Waals surface area contributed by atoms with Gasteiger partial charge in [-0.25, -0.2) is 4.31 Å². The van der Waals surface area contributed by atoms with Gasteiger partial charge < -0.3 is 4.90 Å². The standard InChI is InChI=1S/C19H27ClF2N4S.C3H6.C2H6/c1-4-13-12(2)19(13)6-5-18(19,3)11-27-26-9-7-25(8-10-26)17-23-15(21)14(20)16(22)24-17;1-3-2;1-2/h12-13H,4-11H2,1-3H3;3H,1H2,2H3;1-2H3. The van der Waals surface area contributed by atoms with Gasteiger partial charge in [0.2, 0.25) is 17.8 Å². The third-order valence-corrected chi connectivity index (χ3v) is 9.28. The second-order valence-electron chi connectivity index (χ2n) is 8.92. The summed E-state index contributed by atoms with van der Waals surface area (Å²) in [6.45, 7) is 19.4. The molecule has 0 aromatic carbocycles. The predicted octanol–water partition coefficient (Wildman–Crippen LogP) is 6.86. The molecular formula is C24H39ClF2N4S. The molecule has 1 spiro atoms. The number of anilines is 1. The molecule has 2 saturated carbocycles. The molecule has 8 heteroatoms. The topological polar surface area (TPSA) is 32.3 Å². The summed E-state index contributed by atoms with van der Waals surface area (Å²) >= 11 is 7.41. The van der Waals surface area contributed by atoms with Crippen molar-refractivity contribution in [3.05, 3.63) is 29.6 Å². The van der Waals surface area contributed by atoms with E-state index < -0.39 is 16.9 Å². The summed E-state index contributed by atoms with van der Waals surface area (Å²) in [5.74, 6) is 1.02. The molecule has 3 fully saturated rings. The van der Waals surface area contributed by atoms with Gasteiger partial charge >= 0.3 is 0 Å². The van der Waals surface area contributed by atoms with Crippen molar-refractivity contribution in [3.63, 3.8) is 0 Å². The second kappa shape index (κ2) is 11.5. The van der Waals surface area contributed by atoms with Gasteiger partial charge in [-0.3, -0.25) is 0 Å². The molecule has 2 heterocycles. The number of halogens is 3. The molecule has 4 unspecified atom stereocenters. The highest BCUT2D eigenvalue weighted by atomic mass is 35.5. The van der Waals surface area contributed by atoms with Gasteiger partial charge in [0.15, 0.2) is 5.02 Å². The van der Waals surface area contributed by atoms with Crippen LogP contribution >= 0.6 is 23.5 Å². The van der Waals surface area contributed by atoms with Crippen molar-refractivity contribution in [2.45, 2.75) is 60.8 Å². The van der Waals surface area contributed by atoms with E-state index in [2.05, 4.69) is 41.6 Å². The largest absolute Gasteiger partial charge is 0.338 e. The Kier molecular flexibility index (Phi) is 9.80. The average molecular weight is 489 g/mol. The second-order valence-corrected chi connectivity index (χ2v) is 10.4. The molecule has 0 radical (unpaired) electrons. The zero-order valence-corrected chi connectivity index (χ0v) is 22.0. The van der Waals surface area contributed by atoms with E-state index in [4.69, 9.17) is 11.6 Å². The van der Waals surface area contributed by atoms with Gasteiger partial charge in [0, 0.05) is 31.9 Å². The molecule has 1 aromatic heterocycles. The molecule has 3 aliphatic rings. The van der Waals surface area contributed by atoms with Gasteiger partial charge in [-0.2, -0.15) is 18.7 Å². The Hall–Kier alpha value is -0.920. The molecule has 1 aliphatic heterocycles. The smallest absolute Gasteiger partial charge is 0.239 e. The highest BCUT2D eigenvalue weighted by Crippen LogP contribution is 2.79. The first-order valence-corrected chi connectivity index (χ1v) is 13.1. The van der Waals surface area contributed by atoms with Crippen molar-refractivity contribution in [2.24, 2.45) is 22.7 Å². The highest BCUT2D eigenvalue weighted by molar-refractivity contribution is 7.97. The molecule has 4 rings (SSSR count). The number of hydrogen-bond donors (Lipinski definition) is 0. The SMILES string of the molecule is C=CC.CC.CCC1C(C)C12CCC2(C)CSN1CCN(c2nc(F)c(Cl)c(F)n2)CC1. The van der Waals surface area contributed by atoms with E-state index in [1.165, 1.54) is 19.3 Å². The van der Waals surface area contributed by atoms with Gasteiger partial charge in [0.25, 0.3) is 0 Å². The summed E-state index contributed by atoms with van der Waals surface area (Å²) in [4.78, 5) is 9.21. The minimum atomic E-state index is -0.997. The fourth-order valence-corrected chi connectivity index (χ4v) is 7.06. The summed E-state index contributed by atoms with van der Waals surface area (Å²) in [7, 11) is 0. The number of allylic oxidation sites excluding steroid dienone is 1. The zero-order valence-electron chi connectivity index (χ0n) is 20.4. The van der Waals surface area contributed by atoms with E-state index in [1.54, 1.807) is 6.08 Å². The van der Waals surface area contributed by atoms with Crippen LogP contribution in [-0.4, -0.2) is 46.2 Å². The molecule has 2 aliphatic carbocycles. The summed E-state index contributed by atoms with van der Waals surface area (Å²) in [5.41, 5.74) is 1.03. The van der Waals surface area contributed by atoms with Crippen LogP contribution in [0.15, 0.2) is 12.7 Å². The molecule has 32 heavy (non-hydrogen) atoms. The van der Waals surface area contributed by atoms with Crippen molar-refractivity contribution >= 4 is 29.5 Å². The Labute approximate surface area is 202 Å². The van der Waals surface area contributed by atoms with E-state index in [9.17, 15) is 8.78 Å². The number of nitrogens with zero attached hydrogens (tertiary/aromatic N) is 4. The Morgan fingerprint density at radius 1 is 1.16 bits per heavy atom. The summed E-state index contributed by atoms with van der Waals surface area (Å²) in [6.07, 6.45) is 5.77. The maximum atomic E-state index is 13.6. The maximum absolute atomic E-state index is 13.6. The van der Waals surface area contributed by atoms with Crippen LogP contribution in [0.1, 0.15) is 60.8 Å². The lowest BCUT2D eigenvalue weighted by Crippen LogP contribution is -2.47. The van der Waals surface area contributed by atoms with Gasteiger partial charge in [0.1, 0.15) is 0 Å². The molecule has 4 atom stereocenters. The van der Waals surface area contributed by atoms with E-state index >= 15 is 0 Å². The molecule has 0 amide bonds. The first kappa shape index (κ1) is 27.3. The van der Waals surface area contributed by atoms with Crippen molar-refractivity contribution in [2.75, 3.05) is 36.8 Å². The summed E-state index contributed by atoms with van der Waals surface area (Å²) < 4.78 is 29.5. The van der Waals surface area contributed by atoms with E-state index in [0.29, 0.717) is 23.9 Å². The lowest BCUT2D eigenvalue weighted by Gasteiger charge is -2.51. The third-order valence-electron chi connectivity index (χ3n) is 7.47. The lowest BCUT2D eigenvalue weighted by atomic mass is 9.57. The van der Waals surface area contributed by atoms with Crippen molar-refractivity contribution < 1.29 is 8.78 Å². The van der Waals surface area contributed by atoms with Crippen LogP contribution in [0.4, 0.5) is 14.7 Å². The molecular weight excluding hydrogens is 450 g/mol. The van der Waals surface area contributed by atoms with Crippen LogP contribution in [0.5, 0.6) is 0 Å². The zero-order chi connectivity index (χ0) is 24.1. The molecule has 0 N–H and O–H groups in total. The maximum Gasteiger partial charge on any atom is 0.239 e. The number of aromatic nitrogens is 2. The van der Waals surface area contributed by atoms with Crippen LogP contribution in [0, 0.1) is 34.6 Å². The Balaban J connectivity index is 0.000000671. The third kappa shape index (κ3) is 5.10. The lowest BCUT2D eigenvalue weighted by molar-refractivity contribution is 0.0245. The summed E-state index contributed by atoms with van der Waals surface area (Å²) in [6, 6.07) is 0. The monoisotopic (exact) mass is 488 g/mol. The Bertz CT molecular complexity index is 751. The van der Waals surface area contributed by atoms with Crippen LogP contribution in [0.25, 0.3) is 0 Å². The van der Waals surface area contributed by atoms with Crippen molar-refractivity contribution in [1.29, 1.82) is 0 Å². The fraction of sp³-hybridized carbons (Fsp3) is 0.750. The molecule has 4 nitrogen and oxygen atoms in total. The molecule has 1 aromatic rings. The quantitative estimate of drug-likeness (QED) is 0.257. The highest BCUT2D eigenvalue weighted by Gasteiger charge is 2.73. The van der Waals surface area contributed by atoms with Crippen LogP contribution in [-0.2, 0) is 0 Å². The van der Waals surface area contributed by atoms with E-state index in [-0.39, 0.29) is 5.95 Å². The Morgan fingerprint density at radius 3 is 2.09 bits per heavy atom. The van der Waals surface area contributed by atoms with Crippen molar-refractivity contribution in [3.8, 4) is 0 Å². The van der Waals surface area contributed by atoms with Crippen LogP contribution < -0.4 is 4.90 Å².